The lowest BCUT2D eigenvalue weighted by Crippen LogP contribution is -2.09. The molecule has 8 heavy (non-hydrogen) atoms. The number of hydrogen-bond acceptors (Lipinski definition) is 1. The highest BCUT2D eigenvalue weighted by molar-refractivity contribution is 6.64. The van der Waals surface area contributed by atoms with Crippen LogP contribution in [0, 0.1) is 0 Å². The monoisotopic (exact) mass is 132 g/mol. The predicted octanol–water partition coefficient (Wildman–Crippen LogP) is 1.33. The number of hydrogen-bond donors (Lipinski definition) is 1. The van der Waals surface area contributed by atoms with Gasteiger partial charge in [0, 0.05) is 13.2 Å². The smallest absolute Gasteiger partial charge is 0.195 e. The van der Waals surface area contributed by atoms with E-state index in [1.54, 1.807) is 19.3 Å². The van der Waals surface area contributed by atoms with E-state index >= 15 is 0 Å². The predicted molar refractivity (Wildman–Crippen MR) is 37.2 cm³/mol. The minimum Gasteiger partial charge on any atom is -0.363 e. The number of rotatable bonds is 1. The molecule has 0 amide bonds. The standard InChI is InChI=1S/C5H9ClN2/c1-3-4-8-5(6)7-2/h3-4H,1-2H3,(H,7,8)/b4-3-. The summed E-state index contributed by atoms with van der Waals surface area (Å²) in [6, 6.07) is 0. The lowest BCUT2D eigenvalue weighted by atomic mass is 10.7. The van der Waals surface area contributed by atoms with Crippen molar-refractivity contribution in [2.75, 3.05) is 7.05 Å². The first-order chi connectivity index (χ1) is 3.81. The molecule has 0 aromatic rings. The van der Waals surface area contributed by atoms with E-state index < -0.39 is 0 Å². The van der Waals surface area contributed by atoms with Gasteiger partial charge in [-0.25, -0.2) is 4.99 Å². The van der Waals surface area contributed by atoms with Crippen LogP contribution in [0.5, 0.6) is 0 Å². The first-order valence-corrected chi connectivity index (χ1v) is 2.71. The fraction of sp³-hybridized carbons (Fsp3) is 0.400. The summed E-state index contributed by atoms with van der Waals surface area (Å²) >= 11 is 5.43. The van der Waals surface area contributed by atoms with Crippen LogP contribution in [0.2, 0.25) is 0 Å². The van der Waals surface area contributed by atoms with Gasteiger partial charge in [0.15, 0.2) is 5.29 Å². The highest BCUT2D eigenvalue weighted by atomic mass is 35.5. The highest BCUT2D eigenvalue weighted by Crippen LogP contribution is 1.80. The van der Waals surface area contributed by atoms with Gasteiger partial charge in [0.25, 0.3) is 0 Å². The average Bonchev–Trinajstić information content (AvgIpc) is 1.83. The van der Waals surface area contributed by atoms with Crippen molar-refractivity contribution in [1.82, 2.24) is 5.32 Å². The molecule has 0 fully saturated rings. The molecule has 0 aliphatic heterocycles. The Hall–Kier alpha value is -0.500. The summed E-state index contributed by atoms with van der Waals surface area (Å²) < 4.78 is 0. The molecule has 2 nitrogen and oxygen atoms in total. The lowest BCUT2D eigenvalue weighted by molar-refractivity contribution is 1.19. The molecule has 3 heteroatoms. The Morgan fingerprint density at radius 1 is 1.75 bits per heavy atom. The van der Waals surface area contributed by atoms with Crippen LogP contribution >= 0.6 is 11.6 Å². The molecule has 0 atom stereocenters. The van der Waals surface area contributed by atoms with E-state index in [1.807, 2.05) is 6.92 Å². The zero-order valence-electron chi connectivity index (χ0n) is 4.98. The maximum Gasteiger partial charge on any atom is 0.195 e. The summed E-state index contributed by atoms with van der Waals surface area (Å²) in [6.07, 6.45) is 3.43. The molecule has 46 valence electrons. The molecule has 0 unspecified atom stereocenters. The zero-order chi connectivity index (χ0) is 6.41. The second-order valence-corrected chi connectivity index (χ2v) is 1.51. The average molecular weight is 133 g/mol. The van der Waals surface area contributed by atoms with Crippen molar-refractivity contribution in [2.45, 2.75) is 6.92 Å². The molecule has 0 radical (unpaired) electrons. The van der Waals surface area contributed by atoms with Gasteiger partial charge in [0.2, 0.25) is 0 Å². The van der Waals surface area contributed by atoms with Gasteiger partial charge in [0.05, 0.1) is 0 Å². The van der Waals surface area contributed by atoms with Crippen LogP contribution < -0.4 is 5.32 Å². The summed E-state index contributed by atoms with van der Waals surface area (Å²) in [5, 5.41) is 3.07. The highest BCUT2D eigenvalue weighted by Gasteiger charge is 1.78. The topological polar surface area (TPSA) is 24.4 Å². The Kier molecular flexibility index (Phi) is 4.36. The molecule has 1 N–H and O–H groups in total. The van der Waals surface area contributed by atoms with Crippen LogP contribution in [0.4, 0.5) is 0 Å². The van der Waals surface area contributed by atoms with Crippen LogP contribution in [0.25, 0.3) is 0 Å². The third kappa shape index (κ3) is 3.68. The van der Waals surface area contributed by atoms with E-state index in [2.05, 4.69) is 10.3 Å². The van der Waals surface area contributed by atoms with Crippen LogP contribution in [-0.4, -0.2) is 12.3 Å². The summed E-state index contributed by atoms with van der Waals surface area (Å²) in [5.41, 5.74) is 0. The third-order valence-corrected chi connectivity index (χ3v) is 0.830. The SMILES string of the molecule is C/C=C\N=C(\Cl)NC. The first-order valence-electron chi connectivity index (χ1n) is 2.33. The van der Waals surface area contributed by atoms with Gasteiger partial charge in [-0.2, -0.15) is 0 Å². The second-order valence-electron chi connectivity index (χ2n) is 1.15. The Morgan fingerprint density at radius 2 is 2.38 bits per heavy atom. The van der Waals surface area contributed by atoms with Gasteiger partial charge in [-0.1, -0.05) is 6.08 Å². The van der Waals surface area contributed by atoms with Crippen molar-refractivity contribution >= 4 is 16.9 Å². The molecular formula is C5H9ClN2. The number of nitrogens with one attached hydrogen (secondary N) is 1. The maximum absolute atomic E-state index is 5.43. The van der Waals surface area contributed by atoms with Gasteiger partial charge < -0.3 is 5.32 Å². The number of halogens is 1. The number of allylic oxidation sites excluding steroid dienone is 1. The largest absolute Gasteiger partial charge is 0.363 e. The lowest BCUT2D eigenvalue weighted by Gasteiger charge is -1.88. The number of amidine groups is 1. The molecule has 0 aromatic carbocycles. The number of aliphatic imine (C=N–C) groups is 1. The molecule has 0 heterocycles. The Morgan fingerprint density at radius 3 is 2.75 bits per heavy atom. The zero-order valence-corrected chi connectivity index (χ0v) is 5.74. The molecule has 0 bridgehead atoms. The molecule has 0 aliphatic carbocycles. The first kappa shape index (κ1) is 7.50. The molecule has 0 rings (SSSR count). The van der Waals surface area contributed by atoms with Crippen molar-refractivity contribution in [1.29, 1.82) is 0 Å². The fourth-order valence-electron chi connectivity index (χ4n) is 0.205. The van der Waals surface area contributed by atoms with Gasteiger partial charge in [-0.05, 0) is 18.5 Å². The van der Waals surface area contributed by atoms with Gasteiger partial charge >= 0.3 is 0 Å². The fourth-order valence-corrected chi connectivity index (χ4v) is 0.261. The molecule has 0 saturated carbocycles. The van der Waals surface area contributed by atoms with Crippen LogP contribution in [0.1, 0.15) is 6.92 Å². The maximum atomic E-state index is 5.43. The van der Waals surface area contributed by atoms with Crippen molar-refractivity contribution in [2.24, 2.45) is 4.99 Å². The Balaban J connectivity index is 3.57. The van der Waals surface area contributed by atoms with Crippen LogP contribution in [-0.2, 0) is 0 Å². The summed E-state index contributed by atoms with van der Waals surface area (Å²) in [4.78, 5) is 3.75. The molecular weight excluding hydrogens is 124 g/mol. The van der Waals surface area contributed by atoms with E-state index in [0.29, 0.717) is 5.29 Å². The normalized spacial score (nSPS) is 12.6. The molecule has 0 aromatic heterocycles. The Bertz CT molecular complexity index is 107. The summed E-state index contributed by atoms with van der Waals surface area (Å²) in [5.74, 6) is 0. The van der Waals surface area contributed by atoms with Crippen molar-refractivity contribution in [3.63, 3.8) is 0 Å². The van der Waals surface area contributed by atoms with Crippen LogP contribution in [0.3, 0.4) is 0 Å². The van der Waals surface area contributed by atoms with E-state index in [0.717, 1.165) is 0 Å². The van der Waals surface area contributed by atoms with Crippen molar-refractivity contribution in [3.8, 4) is 0 Å². The number of nitrogens with zero attached hydrogens (tertiary/aromatic N) is 1. The quantitative estimate of drug-likeness (QED) is 0.325. The summed E-state index contributed by atoms with van der Waals surface area (Å²) in [6.45, 7) is 1.88. The second kappa shape index (κ2) is 4.65. The van der Waals surface area contributed by atoms with Gasteiger partial charge in [-0.3, -0.25) is 0 Å². The molecule has 0 aliphatic rings. The van der Waals surface area contributed by atoms with E-state index in [1.165, 1.54) is 0 Å². The minimum atomic E-state index is 0.406. The molecule has 0 saturated heterocycles. The van der Waals surface area contributed by atoms with E-state index in [-0.39, 0.29) is 0 Å². The third-order valence-electron chi connectivity index (χ3n) is 0.543. The molecule has 0 spiro atoms. The van der Waals surface area contributed by atoms with E-state index in [9.17, 15) is 0 Å². The van der Waals surface area contributed by atoms with E-state index in [4.69, 9.17) is 11.6 Å². The Labute approximate surface area is 54.3 Å². The van der Waals surface area contributed by atoms with Gasteiger partial charge in [-0.15, -0.1) is 0 Å². The van der Waals surface area contributed by atoms with Crippen molar-refractivity contribution < 1.29 is 0 Å². The minimum absolute atomic E-state index is 0.406. The van der Waals surface area contributed by atoms with Crippen LogP contribution in [0.15, 0.2) is 17.3 Å². The van der Waals surface area contributed by atoms with Gasteiger partial charge in [0.1, 0.15) is 0 Å². The summed E-state index contributed by atoms with van der Waals surface area (Å²) in [7, 11) is 1.72. The van der Waals surface area contributed by atoms with Crippen molar-refractivity contribution in [3.05, 3.63) is 12.3 Å².